The van der Waals surface area contributed by atoms with Crippen LogP contribution in [-0.2, 0) is 0 Å². The highest BCUT2D eigenvalue weighted by atomic mass is 19.3. The van der Waals surface area contributed by atoms with Gasteiger partial charge in [-0.1, -0.05) is 18.2 Å². The molecule has 1 aromatic carbocycles. The average Bonchev–Trinajstić information content (AvgIpc) is 3.09. The Morgan fingerprint density at radius 2 is 2.14 bits per heavy atom. The van der Waals surface area contributed by atoms with Crippen molar-refractivity contribution in [2.75, 3.05) is 0 Å². The molecular weight excluding hydrogens is 277 g/mol. The van der Waals surface area contributed by atoms with Crippen molar-refractivity contribution in [1.82, 2.24) is 9.78 Å². The molecule has 0 spiro atoms. The van der Waals surface area contributed by atoms with Crippen LogP contribution in [0.4, 0.5) is 13.2 Å². The summed E-state index contributed by atoms with van der Waals surface area (Å²) in [5.41, 5.74) is 3.33. The van der Waals surface area contributed by atoms with Crippen molar-refractivity contribution >= 4 is 5.57 Å². The lowest BCUT2D eigenvalue weighted by Crippen LogP contribution is -1.97. The summed E-state index contributed by atoms with van der Waals surface area (Å²) >= 11 is 0. The fourth-order valence-corrected chi connectivity index (χ4v) is 2.84. The van der Waals surface area contributed by atoms with Crippen LogP contribution in [0.1, 0.15) is 42.0 Å². The maximum atomic E-state index is 13.6. The number of allylic oxidation sites excluding steroid dienone is 2. The van der Waals surface area contributed by atoms with Gasteiger partial charge >= 0.3 is 6.55 Å². The van der Waals surface area contributed by atoms with Crippen LogP contribution in [0.3, 0.4) is 0 Å². The summed E-state index contributed by atoms with van der Waals surface area (Å²) in [6.07, 6.45) is 6.50. The SMILES string of the molecule is Cc1c(F)cccc1[C@@H]1C=C(c2cnn(C(F)F)c2)CC1. The maximum absolute atomic E-state index is 13.6. The van der Waals surface area contributed by atoms with Crippen molar-refractivity contribution in [1.29, 1.82) is 0 Å². The first-order valence-corrected chi connectivity index (χ1v) is 6.84. The van der Waals surface area contributed by atoms with Crippen LogP contribution in [0.25, 0.3) is 5.57 Å². The molecule has 0 amide bonds. The lowest BCUT2D eigenvalue weighted by Gasteiger charge is -2.11. The van der Waals surface area contributed by atoms with E-state index in [1.807, 2.05) is 12.1 Å². The molecule has 3 rings (SSSR count). The Balaban J connectivity index is 1.88. The fraction of sp³-hybridized carbons (Fsp3) is 0.312. The van der Waals surface area contributed by atoms with E-state index in [9.17, 15) is 13.2 Å². The van der Waals surface area contributed by atoms with Crippen LogP contribution in [0, 0.1) is 12.7 Å². The lowest BCUT2D eigenvalue weighted by atomic mass is 9.94. The molecule has 0 N–H and O–H groups in total. The Kier molecular flexibility index (Phi) is 3.57. The van der Waals surface area contributed by atoms with Crippen LogP contribution in [0.2, 0.25) is 0 Å². The molecule has 21 heavy (non-hydrogen) atoms. The number of benzene rings is 1. The van der Waals surface area contributed by atoms with Crippen molar-refractivity contribution in [2.45, 2.75) is 32.2 Å². The number of alkyl halides is 2. The van der Waals surface area contributed by atoms with Gasteiger partial charge < -0.3 is 0 Å². The molecule has 0 radical (unpaired) electrons. The summed E-state index contributed by atoms with van der Waals surface area (Å²) < 4.78 is 39.4. The normalized spacial score (nSPS) is 18.3. The number of aromatic nitrogens is 2. The van der Waals surface area contributed by atoms with E-state index in [1.54, 1.807) is 13.0 Å². The van der Waals surface area contributed by atoms with Gasteiger partial charge in [0.15, 0.2) is 0 Å². The van der Waals surface area contributed by atoms with Gasteiger partial charge in [-0.3, -0.25) is 0 Å². The first kappa shape index (κ1) is 13.9. The van der Waals surface area contributed by atoms with E-state index in [0.717, 1.165) is 24.0 Å². The Morgan fingerprint density at radius 3 is 2.86 bits per heavy atom. The van der Waals surface area contributed by atoms with Gasteiger partial charge in [0.1, 0.15) is 5.82 Å². The van der Waals surface area contributed by atoms with Crippen molar-refractivity contribution in [3.63, 3.8) is 0 Å². The lowest BCUT2D eigenvalue weighted by molar-refractivity contribution is 0.0566. The molecule has 1 atom stereocenters. The summed E-state index contributed by atoms with van der Waals surface area (Å²) in [4.78, 5) is 0. The van der Waals surface area contributed by atoms with E-state index in [2.05, 4.69) is 5.10 Å². The molecule has 0 aliphatic heterocycles. The predicted octanol–water partition coefficient (Wildman–Crippen LogP) is 4.69. The zero-order valence-corrected chi connectivity index (χ0v) is 11.6. The minimum absolute atomic E-state index is 0.130. The van der Waals surface area contributed by atoms with E-state index in [1.165, 1.54) is 18.5 Å². The molecule has 0 saturated carbocycles. The van der Waals surface area contributed by atoms with Crippen molar-refractivity contribution in [2.24, 2.45) is 0 Å². The molecule has 2 aromatic rings. The maximum Gasteiger partial charge on any atom is 0.333 e. The summed E-state index contributed by atoms with van der Waals surface area (Å²) in [5.74, 6) is -0.0783. The highest BCUT2D eigenvalue weighted by Gasteiger charge is 2.22. The van der Waals surface area contributed by atoms with Crippen LogP contribution in [-0.4, -0.2) is 9.78 Å². The van der Waals surface area contributed by atoms with E-state index in [4.69, 9.17) is 0 Å². The molecular formula is C16H15F3N2. The van der Waals surface area contributed by atoms with Crippen molar-refractivity contribution < 1.29 is 13.2 Å². The fourth-order valence-electron chi connectivity index (χ4n) is 2.84. The van der Waals surface area contributed by atoms with Gasteiger partial charge in [0.25, 0.3) is 0 Å². The number of hydrogen-bond acceptors (Lipinski definition) is 1. The number of nitrogens with zero attached hydrogens (tertiary/aromatic N) is 2. The Bertz CT molecular complexity index is 689. The highest BCUT2D eigenvalue weighted by molar-refractivity contribution is 5.68. The van der Waals surface area contributed by atoms with Crippen LogP contribution in [0.5, 0.6) is 0 Å². The zero-order valence-electron chi connectivity index (χ0n) is 11.6. The third-order valence-electron chi connectivity index (χ3n) is 4.01. The smallest absolute Gasteiger partial charge is 0.211 e. The largest absolute Gasteiger partial charge is 0.333 e. The number of rotatable bonds is 3. The molecule has 1 aromatic heterocycles. The zero-order chi connectivity index (χ0) is 15.0. The van der Waals surface area contributed by atoms with Crippen LogP contribution in [0.15, 0.2) is 36.7 Å². The van der Waals surface area contributed by atoms with Crippen LogP contribution < -0.4 is 0 Å². The topological polar surface area (TPSA) is 17.8 Å². The predicted molar refractivity (Wildman–Crippen MR) is 74.6 cm³/mol. The first-order valence-electron chi connectivity index (χ1n) is 6.84. The van der Waals surface area contributed by atoms with Crippen LogP contribution >= 0.6 is 0 Å². The summed E-state index contributed by atoms with van der Waals surface area (Å²) in [5, 5.41) is 3.66. The van der Waals surface area contributed by atoms with Gasteiger partial charge in [-0.2, -0.15) is 13.9 Å². The monoisotopic (exact) mass is 292 g/mol. The first-order chi connectivity index (χ1) is 10.1. The summed E-state index contributed by atoms with van der Waals surface area (Å²) in [6, 6.07) is 5.08. The second kappa shape index (κ2) is 5.39. The molecule has 0 fully saturated rings. The second-order valence-corrected chi connectivity index (χ2v) is 5.28. The average molecular weight is 292 g/mol. The summed E-state index contributed by atoms with van der Waals surface area (Å²) in [6.45, 7) is -0.854. The molecule has 5 heteroatoms. The van der Waals surface area contributed by atoms with E-state index in [0.29, 0.717) is 15.8 Å². The molecule has 0 unspecified atom stereocenters. The molecule has 110 valence electrons. The van der Waals surface area contributed by atoms with E-state index < -0.39 is 6.55 Å². The Morgan fingerprint density at radius 1 is 1.33 bits per heavy atom. The molecule has 0 bridgehead atoms. The van der Waals surface area contributed by atoms with Gasteiger partial charge in [0, 0.05) is 17.7 Å². The minimum atomic E-state index is -2.62. The third-order valence-corrected chi connectivity index (χ3v) is 4.01. The molecule has 0 saturated heterocycles. The van der Waals surface area contributed by atoms with Crippen molar-refractivity contribution in [3.8, 4) is 0 Å². The Labute approximate surface area is 120 Å². The third kappa shape index (κ3) is 2.60. The van der Waals surface area contributed by atoms with Gasteiger partial charge in [-0.15, -0.1) is 0 Å². The van der Waals surface area contributed by atoms with E-state index >= 15 is 0 Å². The molecule has 2 nitrogen and oxygen atoms in total. The van der Waals surface area contributed by atoms with E-state index in [-0.39, 0.29) is 11.7 Å². The quantitative estimate of drug-likeness (QED) is 0.802. The number of halogens is 3. The number of hydrogen-bond donors (Lipinski definition) is 0. The standard InChI is InChI=1S/C16H15F3N2/c1-10-14(3-2-4-15(10)17)12-6-5-11(7-12)13-8-20-21(9-13)16(18)19/h2-4,7-9,12,16H,5-6H2,1H3/t12-/m0/s1. The van der Waals surface area contributed by atoms with Crippen molar-refractivity contribution in [3.05, 3.63) is 59.2 Å². The summed E-state index contributed by atoms with van der Waals surface area (Å²) in [7, 11) is 0. The highest BCUT2D eigenvalue weighted by Crippen LogP contribution is 2.39. The van der Waals surface area contributed by atoms with Gasteiger partial charge in [-0.25, -0.2) is 9.07 Å². The second-order valence-electron chi connectivity index (χ2n) is 5.28. The molecule has 1 aliphatic carbocycles. The molecule has 1 heterocycles. The van der Waals surface area contributed by atoms with Gasteiger partial charge in [-0.05, 0) is 42.5 Å². The Hall–Kier alpha value is -2.04. The molecule has 1 aliphatic rings. The minimum Gasteiger partial charge on any atom is -0.211 e. The van der Waals surface area contributed by atoms with Gasteiger partial charge in [0.05, 0.1) is 6.20 Å². The van der Waals surface area contributed by atoms with Gasteiger partial charge in [0.2, 0.25) is 0 Å².